The molecule has 2 aliphatic rings. The van der Waals surface area contributed by atoms with Crippen LogP contribution in [0.25, 0.3) is 0 Å². The van der Waals surface area contributed by atoms with Gasteiger partial charge in [0.2, 0.25) is 0 Å². The van der Waals surface area contributed by atoms with Crippen molar-refractivity contribution in [2.75, 3.05) is 24.6 Å². The van der Waals surface area contributed by atoms with E-state index in [4.69, 9.17) is 15.2 Å². The number of hydrogen-bond donors (Lipinski definition) is 1. The summed E-state index contributed by atoms with van der Waals surface area (Å²) < 4.78 is 11.8. The highest BCUT2D eigenvalue weighted by Gasteiger charge is 2.51. The van der Waals surface area contributed by atoms with E-state index in [1.54, 1.807) is 12.4 Å². The lowest BCUT2D eigenvalue weighted by Gasteiger charge is -2.41. The average molecular weight is 371 g/mol. The first-order valence-corrected chi connectivity index (χ1v) is 8.10. The van der Waals surface area contributed by atoms with E-state index in [9.17, 15) is 4.79 Å². The highest BCUT2D eigenvalue weighted by Crippen LogP contribution is 2.44. The molecule has 1 spiro atoms. The Morgan fingerprint density at radius 2 is 2.18 bits per heavy atom. The van der Waals surface area contributed by atoms with Crippen molar-refractivity contribution in [1.29, 1.82) is 0 Å². The molecule has 0 bridgehead atoms. The highest BCUT2D eigenvalue weighted by atomic mass is 79.9. The summed E-state index contributed by atoms with van der Waals surface area (Å²) in [4.78, 5) is 21.9. The predicted octanol–water partition coefficient (Wildman–Crippen LogP) is 1.71. The number of rotatable bonds is 2. The van der Waals surface area contributed by atoms with Crippen molar-refractivity contribution in [3.8, 4) is 0 Å². The number of ether oxygens (including phenoxy) is 2. The Bertz CT molecular complexity index is 546. The zero-order valence-corrected chi connectivity index (χ0v) is 14.0. The van der Waals surface area contributed by atoms with Gasteiger partial charge in [0.25, 0.3) is 0 Å². The maximum atomic E-state index is 11.2. The number of anilines is 1. The van der Waals surface area contributed by atoms with Crippen LogP contribution < -0.4 is 10.6 Å². The lowest BCUT2D eigenvalue weighted by molar-refractivity contribution is 0.00813. The van der Waals surface area contributed by atoms with Gasteiger partial charge in [-0.2, -0.15) is 0 Å². The van der Waals surface area contributed by atoms with Crippen molar-refractivity contribution in [1.82, 2.24) is 9.97 Å². The third kappa shape index (κ3) is 2.89. The summed E-state index contributed by atoms with van der Waals surface area (Å²) in [5, 5.41) is 0. The number of piperidine rings is 1. The summed E-state index contributed by atoms with van der Waals surface area (Å²) in [6, 6.07) is 0. The molecule has 1 aromatic rings. The number of halogens is 1. The van der Waals surface area contributed by atoms with Crippen LogP contribution >= 0.6 is 15.9 Å². The zero-order valence-electron chi connectivity index (χ0n) is 12.4. The maximum Gasteiger partial charge on any atom is 0.404 e. The molecule has 0 aromatic carbocycles. The molecule has 1 aromatic heterocycles. The van der Waals surface area contributed by atoms with Gasteiger partial charge >= 0.3 is 6.09 Å². The summed E-state index contributed by atoms with van der Waals surface area (Å²) in [6.07, 6.45) is 4.06. The van der Waals surface area contributed by atoms with Crippen molar-refractivity contribution in [2.45, 2.75) is 32.0 Å². The molecule has 1 amide bonds. The largest absolute Gasteiger partial charge is 0.443 e. The molecule has 120 valence electrons. The molecule has 0 radical (unpaired) electrons. The quantitative estimate of drug-likeness (QED) is 0.851. The molecule has 2 fully saturated rings. The minimum atomic E-state index is -0.733. The Labute approximate surface area is 137 Å². The summed E-state index contributed by atoms with van der Waals surface area (Å²) >= 11 is 3.29. The number of amides is 1. The molecule has 22 heavy (non-hydrogen) atoms. The molecule has 2 N–H and O–H groups in total. The van der Waals surface area contributed by atoms with Gasteiger partial charge in [-0.3, -0.25) is 0 Å². The molecular formula is C14H19BrN4O3. The van der Waals surface area contributed by atoms with Crippen molar-refractivity contribution in [3.63, 3.8) is 0 Å². The van der Waals surface area contributed by atoms with Crippen molar-refractivity contribution in [2.24, 2.45) is 11.1 Å². The minimum Gasteiger partial charge on any atom is -0.443 e. The summed E-state index contributed by atoms with van der Waals surface area (Å²) in [5.41, 5.74) is 5.06. The van der Waals surface area contributed by atoms with Gasteiger partial charge < -0.3 is 20.1 Å². The first-order chi connectivity index (χ1) is 10.5. The number of carbonyl (C=O) groups is 1. The van der Waals surface area contributed by atoms with Gasteiger partial charge in [-0.25, -0.2) is 14.8 Å². The van der Waals surface area contributed by atoms with E-state index in [0.29, 0.717) is 6.61 Å². The van der Waals surface area contributed by atoms with E-state index in [-0.39, 0.29) is 17.6 Å². The second-order valence-electron chi connectivity index (χ2n) is 5.92. The smallest absolute Gasteiger partial charge is 0.404 e. The van der Waals surface area contributed by atoms with Gasteiger partial charge in [0, 0.05) is 18.5 Å². The van der Waals surface area contributed by atoms with Gasteiger partial charge in [-0.15, -0.1) is 0 Å². The SMILES string of the molecule is C[C@@H]1OCC2(CCN(c3cnc(Br)cn3)CC2)[C@@H]1OC(N)=O. The minimum absolute atomic E-state index is 0.119. The number of aromatic nitrogens is 2. The lowest BCUT2D eigenvalue weighted by Crippen LogP contribution is -2.49. The van der Waals surface area contributed by atoms with E-state index in [0.717, 1.165) is 36.4 Å². The zero-order chi connectivity index (χ0) is 15.7. The van der Waals surface area contributed by atoms with Gasteiger partial charge in [0.15, 0.2) is 0 Å². The fourth-order valence-electron chi connectivity index (χ4n) is 3.39. The predicted molar refractivity (Wildman–Crippen MR) is 83.5 cm³/mol. The number of nitrogens with zero attached hydrogens (tertiary/aromatic N) is 3. The van der Waals surface area contributed by atoms with Gasteiger partial charge in [-0.05, 0) is 35.7 Å². The Morgan fingerprint density at radius 1 is 1.45 bits per heavy atom. The van der Waals surface area contributed by atoms with E-state index in [1.807, 2.05) is 6.92 Å². The van der Waals surface area contributed by atoms with Crippen LogP contribution in [-0.2, 0) is 9.47 Å². The van der Waals surface area contributed by atoms with Gasteiger partial charge in [0.1, 0.15) is 16.5 Å². The summed E-state index contributed by atoms with van der Waals surface area (Å²) in [6.45, 7) is 4.18. The molecule has 3 rings (SSSR count). The molecule has 0 unspecified atom stereocenters. The highest BCUT2D eigenvalue weighted by molar-refractivity contribution is 9.10. The number of primary amides is 1. The summed E-state index contributed by atoms with van der Waals surface area (Å²) in [7, 11) is 0. The van der Waals surface area contributed by atoms with Crippen LogP contribution in [0.15, 0.2) is 17.0 Å². The molecule has 2 aliphatic heterocycles. The van der Waals surface area contributed by atoms with Crippen molar-refractivity contribution >= 4 is 27.8 Å². The molecule has 0 saturated carbocycles. The monoisotopic (exact) mass is 370 g/mol. The molecular weight excluding hydrogens is 352 g/mol. The molecule has 8 heteroatoms. The third-order valence-electron chi connectivity index (χ3n) is 4.60. The van der Waals surface area contributed by atoms with Crippen LogP contribution in [0.5, 0.6) is 0 Å². The summed E-state index contributed by atoms with van der Waals surface area (Å²) in [5.74, 6) is 0.859. The third-order valence-corrected chi connectivity index (χ3v) is 5.01. The van der Waals surface area contributed by atoms with Crippen LogP contribution in [0.4, 0.5) is 10.6 Å². The number of hydrogen-bond acceptors (Lipinski definition) is 6. The fourth-order valence-corrected chi connectivity index (χ4v) is 3.59. The van der Waals surface area contributed by atoms with Gasteiger partial charge in [0.05, 0.1) is 25.1 Å². The van der Waals surface area contributed by atoms with E-state index in [2.05, 4.69) is 30.8 Å². The Kier molecular flexibility index (Phi) is 4.22. The molecule has 2 saturated heterocycles. The first-order valence-electron chi connectivity index (χ1n) is 7.30. The number of nitrogens with two attached hydrogens (primary N) is 1. The first kappa shape index (κ1) is 15.5. The molecule has 2 atom stereocenters. The maximum absolute atomic E-state index is 11.2. The normalized spacial score (nSPS) is 27.1. The van der Waals surface area contributed by atoms with Crippen LogP contribution in [0, 0.1) is 5.41 Å². The van der Waals surface area contributed by atoms with Crippen LogP contribution in [0.1, 0.15) is 19.8 Å². The van der Waals surface area contributed by atoms with E-state index >= 15 is 0 Å². The Hall–Kier alpha value is -1.41. The van der Waals surface area contributed by atoms with Crippen LogP contribution in [-0.4, -0.2) is 48.0 Å². The van der Waals surface area contributed by atoms with Crippen LogP contribution in [0.2, 0.25) is 0 Å². The second-order valence-corrected chi connectivity index (χ2v) is 6.73. The van der Waals surface area contributed by atoms with Gasteiger partial charge in [-0.1, -0.05) is 0 Å². The van der Waals surface area contributed by atoms with Crippen LogP contribution in [0.3, 0.4) is 0 Å². The Morgan fingerprint density at radius 3 is 2.77 bits per heavy atom. The second kappa shape index (κ2) is 6.00. The molecule has 7 nitrogen and oxygen atoms in total. The Balaban J connectivity index is 1.69. The van der Waals surface area contributed by atoms with Crippen molar-refractivity contribution < 1.29 is 14.3 Å². The standard InChI is InChI=1S/C14H19BrN4O3/c1-9-12(22-13(16)20)14(8-21-9)2-4-19(5-3-14)11-7-17-10(15)6-18-11/h6-7,9,12H,2-5,8H2,1H3,(H2,16,20)/t9-,12+/m0/s1. The van der Waals surface area contributed by atoms with E-state index < -0.39 is 6.09 Å². The molecule has 3 heterocycles. The lowest BCUT2D eigenvalue weighted by atomic mass is 9.74. The average Bonchev–Trinajstić information content (AvgIpc) is 2.78. The van der Waals surface area contributed by atoms with E-state index in [1.165, 1.54) is 0 Å². The topological polar surface area (TPSA) is 90.6 Å². The van der Waals surface area contributed by atoms with Crippen molar-refractivity contribution in [3.05, 3.63) is 17.0 Å². The fraction of sp³-hybridized carbons (Fsp3) is 0.643. The number of carbonyl (C=O) groups excluding carboxylic acids is 1. The molecule has 0 aliphatic carbocycles.